The maximum absolute atomic E-state index is 12.3. The van der Waals surface area contributed by atoms with Crippen molar-refractivity contribution in [3.05, 3.63) is 63.6 Å². The van der Waals surface area contributed by atoms with Crippen LogP contribution in [0.2, 0.25) is 10.0 Å². The first-order valence-electron chi connectivity index (χ1n) is 8.73. The average molecular weight is 392 g/mol. The second-order valence-corrected chi connectivity index (χ2v) is 7.57. The van der Waals surface area contributed by atoms with Crippen molar-refractivity contribution in [2.45, 2.75) is 13.0 Å². The fraction of sp³-hybridized carbons (Fsp3) is 0.350. The van der Waals surface area contributed by atoms with E-state index in [4.69, 9.17) is 23.2 Å². The summed E-state index contributed by atoms with van der Waals surface area (Å²) in [6.45, 7) is 5.25. The van der Waals surface area contributed by atoms with E-state index < -0.39 is 0 Å². The molecule has 1 N–H and O–H groups in total. The highest BCUT2D eigenvalue weighted by Gasteiger charge is 2.14. The third-order valence-corrected chi connectivity index (χ3v) is 5.30. The number of rotatable bonds is 5. The lowest BCUT2D eigenvalue weighted by Crippen LogP contribution is -2.43. The lowest BCUT2D eigenvalue weighted by atomic mass is 10.1. The summed E-state index contributed by atoms with van der Waals surface area (Å²) in [4.78, 5) is 17.1. The quantitative estimate of drug-likeness (QED) is 0.838. The number of piperazine rings is 1. The Morgan fingerprint density at radius 1 is 1.00 bits per heavy atom. The van der Waals surface area contributed by atoms with Crippen molar-refractivity contribution >= 4 is 34.8 Å². The van der Waals surface area contributed by atoms with Gasteiger partial charge in [-0.2, -0.15) is 0 Å². The van der Waals surface area contributed by atoms with Gasteiger partial charge in [-0.1, -0.05) is 41.4 Å². The third kappa shape index (κ3) is 5.45. The Labute approximate surface area is 164 Å². The van der Waals surface area contributed by atoms with Gasteiger partial charge >= 0.3 is 0 Å². The molecule has 3 rings (SSSR count). The lowest BCUT2D eigenvalue weighted by Gasteiger charge is -2.32. The van der Waals surface area contributed by atoms with Crippen molar-refractivity contribution < 1.29 is 4.79 Å². The Morgan fingerprint density at radius 3 is 2.50 bits per heavy atom. The molecule has 4 nitrogen and oxygen atoms in total. The number of nitrogens with one attached hydrogen (secondary N) is 1. The molecule has 1 amide bonds. The van der Waals surface area contributed by atoms with E-state index in [-0.39, 0.29) is 12.3 Å². The molecule has 0 saturated carbocycles. The maximum atomic E-state index is 12.3. The van der Waals surface area contributed by atoms with Crippen molar-refractivity contribution in [1.82, 2.24) is 9.80 Å². The van der Waals surface area contributed by atoms with Gasteiger partial charge in [0.2, 0.25) is 5.91 Å². The van der Waals surface area contributed by atoms with E-state index in [0.717, 1.165) is 44.0 Å². The molecule has 1 aliphatic rings. The zero-order valence-electron chi connectivity index (χ0n) is 14.8. The fourth-order valence-electron chi connectivity index (χ4n) is 3.05. The first-order chi connectivity index (χ1) is 12.5. The number of carbonyl (C=O) groups is 1. The molecule has 0 bridgehead atoms. The predicted octanol–water partition coefficient (Wildman–Crippen LogP) is 3.92. The van der Waals surface area contributed by atoms with Crippen molar-refractivity contribution in [2.24, 2.45) is 0 Å². The van der Waals surface area contributed by atoms with Crippen molar-refractivity contribution in [2.75, 3.05) is 38.5 Å². The monoisotopic (exact) mass is 391 g/mol. The van der Waals surface area contributed by atoms with Gasteiger partial charge in [0.15, 0.2) is 0 Å². The molecule has 2 aromatic rings. The van der Waals surface area contributed by atoms with Crippen LogP contribution in [0.5, 0.6) is 0 Å². The van der Waals surface area contributed by atoms with Gasteiger partial charge in [-0.25, -0.2) is 0 Å². The summed E-state index contributed by atoms with van der Waals surface area (Å²) >= 11 is 11.9. The van der Waals surface area contributed by atoms with E-state index in [1.165, 1.54) is 5.56 Å². The molecule has 0 aliphatic carbocycles. The smallest absolute Gasteiger partial charge is 0.228 e. The van der Waals surface area contributed by atoms with Gasteiger partial charge in [0, 0.05) is 38.4 Å². The number of nitrogens with zero attached hydrogens (tertiary/aromatic N) is 2. The first kappa shape index (κ1) is 19.2. The van der Waals surface area contributed by atoms with Crippen LogP contribution in [0.3, 0.4) is 0 Å². The van der Waals surface area contributed by atoms with Crippen LogP contribution in [0, 0.1) is 0 Å². The minimum atomic E-state index is -0.0693. The van der Waals surface area contributed by atoms with Gasteiger partial charge in [-0.05, 0) is 42.4 Å². The molecule has 2 aromatic carbocycles. The summed E-state index contributed by atoms with van der Waals surface area (Å²) in [5.41, 5.74) is 2.87. The molecule has 0 aromatic heterocycles. The largest absolute Gasteiger partial charge is 0.326 e. The number of benzene rings is 2. The van der Waals surface area contributed by atoms with Crippen molar-refractivity contribution in [3.63, 3.8) is 0 Å². The fourth-order valence-corrected chi connectivity index (χ4v) is 3.37. The Balaban J connectivity index is 1.57. The number of halogens is 2. The van der Waals surface area contributed by atoms with E-state index in [9.17, 15) is 4.79 Å². The van der Waals surface area contributed by atoms with Crippen LogP contribution < -0.4 is 5.32 Å². The summed E-state index contributed by atoms with van der Waals surface area (Å²) < 4.78 is 0. The van der Waals surface area contributed by atoms with Crippen molar-refractivity contribution in [1.29, 1.82) is 0 Å². The molecule has 138 valence electrons. The lowest BCUT2D eigenvalue weighted by molar-refractivity contribution is -0.115. The van der Waals surface area contributed by atoms with Crippen LogP contribution in [0.15, 0.2) is 42.5 Å². The number of amides is 1. The van der Waals surface area contributed by atoms with E-state index in [2.05, 4.69) is 28.2 Å². The number of likely N-dealkylation sites (N-methyl/N-ethyl adjacent to an activating group) is 1. The molecular weight excluding hydrogens is 369 g/mol. The Bertz CT molecular complexity index is 773. The average Bonchev–Trinajstić information content (AvgIpc) is 2.60. The molecule has 0 atom stereocenters. The van der Waals surface area contributed by atoms with Gasteiger partial charge in [0.05, 0.1) is 16.5 Å². The number of hydrogen-bond acceptors (Lipinski definition) is 3. The van der Waals surface area contributed by atoms with Gasteiger partial charge in [0.25, 0.3) is 0 Å². The second-order valence-electron chi connectivity index (χ2n) is 6.75. The minimum Gasteiger partial charge on any atom is -0.326 e. The molecule has 0 unspecified atom stereocenters. The molecule has 26 heavy (non-hydrogen) atoms. The van der Waals surface area contributed by atoms with E-state index >= 15 is 0 Å². The van der Waals surface area contributed by atoms with Crippen LogP contribution in [-0.4, -0.2) is 48.9 Å². The van der Waals surface area contributed by atoms with E-state index in [1.54, 1.807) is 12.1 Å². The van der Waals surface area contributed by atoms with E-state index in [0.29, 0.717) is 10.0 Å². The summed E-state index contributed by atoms with van der Waals surface area (Å²) in [7, 11) is 2.15. The van der Waals surface area contributed by atoms with Gasteiger partial charge in [-0.15, -0.1) is 0 Å². The van der Waals surface area contributed by atoms with E-state index in [1.807, 2.05) is 24.3 Å². The van der Waals surface area contributed by atoms with Crippen LogP contribution in [-0.2, 0) is 17.8 Å². The van der Waals surface area contributed by atoms with Crippen LogP contribution in [0.1, 0.15) is 11.1 Å². The molecule has 6 heteroatoms. The molecule has 1 aliphatic heterocycles. The molecule has 1 heterocycles. The summed E-state index contributed by atoms with van der Waals surface area (Å²) in [6, 6.07) is 13.3. The van der Waals surface area contributed by atoms with Crippen molar-refractivity contribution in [3.8, 4) is 0 Å². The zero-order valence-corrected chi connectivity index (χ0v) is 16.4. The number of carbonyl (C=O) groups excluding carboxylic acids is 1. The Kier molecular flexibility index (Phi) is 6.54. The SMILES string of the molecule is CN1CCN(Cc2cccc(NC(=O)Cc3ccc(Cl)c(Cl)c3)c2)CC1. The topological polar surface area (TPSA) is 35.6 Å². The number of anilines is 1. The normalized spacial score (nSPS) is 15.8. The molecule has 0 radical (unpaired) electrons. The highest BCUT2D eigenvalue weighted by molar-refractivity contribution is 6.42. The van der Waals surface area contributed by atoms with Gasteiger partial charge < -0.3 is 10.2 Å². The molecular formula is C20H23Cl2N3O. The van der Waals surface area contributed by atoms with Crippen LogP contribution in [0.25, 0.3) is 0 Å². The zero-order chi connectivity index (χ0) is 18.5. The highest BCUT2D eigenvalue weighted by Crippen LogP contribution is 2.23. The minimum absolute atomic E-state index is 0.0693. The van der Waals surface area contributed by atoms with Crippen LogP contribution >= 0.6 is 23.2 Å². The summed E-state index contributed by atoms with van der Waals surface area (Å²) in [6.07, 6.45) is 0.263. The second kappa shape index (κ2) is 8.87. The molecule has 1 fully saturated rings. The molecule has 1 saturated heterocycles. The predicted molar refractivity (Wildman–Crippen MR) is 108 cm³/mol. The summed E-state index contributed by atoms with van der Waals surface area (Å²) in [5, 5.41) is 3.92. The Hall–Kier alpha value is -1.59. The summed E-state index contributed by atoms with van der Waals surface area (Å²) in [5.74, 6) is -0.0693. The maximum Gasteiger partial charge on any atom is 0.228 e. The molecule has 0 spiro atoms. The Morgan fingerprint density at radius 2 is 1.77 bits per heavy atom. The third-order valence-electron chi connectivity index (χ3n) is 4.56. The number of hydrogen-bond donors (Lipinski definition) is 1. The highest BCUT2D eigenvalue weighted by atomic mass is 35.5. The standard InChI is InChI=1S/C20H23Cl2N3O/c1-24-7-9-25(10-8-24)14-16-3-2-4-17(11-16)23-20(26)13-15-5-6-18(21)19(22)12-15/h2-6,11-12H,7-10,13-14H2,1H3,(H,23,26). The van der Waals surface area contributed by atoms with Crippen LogP contribution in [0.4, 0.5) is 5.69 Å². The first-order valence-corrected chi connectivity index (χ1v) is 9.49. The van der Waals surface area contributed by atoms with Gasteiger partial charge in [-0.3, -0.25) is 9.69 Å². The van der Waals surface area contributed by atoms with Gasteiger partial charge in [0.1, 0.15) is 0 Å².